The molecule has 0 rings (SSSR count). The van der Waals surface area contributed by atoms with Crippen LogP contribution in [0.2, 0.25) is 0 Å². The zero-order valence-electron chi connectivity index (χ0n) is 44.0. The van der Waals surface area contributed by atoms with E-state index in [1.54, 1.807) is 6.08 Å². The van der Waals surface area contributed by atoms with Crippen molar-refractivity contribution < 1.29 is 32.9 Å². The van der Waals surface area contributed by atoms with Gasteiger partial charge in [0.2, 0.25) is 5.91 Å². The summed E-state index contributed by atoms with van der Waals surface area (Å²) in [5, 5.41) is 13.9. The van der Waals surface area contributed by atoms with Crippen molar-refractivity contribution in [2.45, 2.75) is 289 Å². The summed E-state index contributed by atoms with van der Waals surface area (Å²) in [5.74, 6) is -0.184. The van der Waals surface area contributed by atoms with Crippen LogP contribution in [-0.4, -0.2) is 73.4 Å². The van der Waals surface area contributed by atoms with E-state index in [2.05, 4.69) is 31.3 Å². The maximum absolute atomic E-state index is 12.9. The fraction of sp³-hybridized carbons (Fsp3) is 0.911. The normalized spacial score (nSPS) is 14.1. The third-order valence-electron chi connectivity index (χ3n) is 12.9. The third-order valence-corrected chi connectivity index (χ3v) is 13.9. The smallest absolute Gasteiger partial charge is 0.387 e. The maximum Gasteiger partial charge on any atom is 0.472 e. The summed E-state index contributed by atoms with van der Waals surface area (Å²) in [5.41, 5.74) is 0. The fourth-order valence-corrected chi connectivity index (χ4v) is 9.19. The van der Waals surface area contributed by atoms with Gasteiger partial charge in [-0.3, -0.25) is 13.8 Å². The molecular weight excluding hydrogens is 828 g/mol. The first kappa shape index (κ1) is 64.0. The Bertz CT molecular complexity index is 1110. The fourth-order valence-electron chi connectivity index (χ4n) is 8.45. The number of nitrogens with one attached hydrogen (secondary N) is 1. The molecule has 0 saturated carbocycles. The molecule has 0 spiro atoms. The highest BCUT2D eigenvalue weighted by Crippen LogP contribution is 2.43. The highest BCUT2D eigenvalue weighted by Gasteiger charge is 2.27. The first-order valence-corrected chi connectivity index (χ1v) is 29.7. The van der Waals surface area contributed by atoms with E-state index in [4.69, 9.17) is 9.05 Å². The van der Waals surface area contributed by atoms with Gasteiger partial charge in [0.25, 0.3) is 0 Å². The number of hydrogen-bond donors (Lipinski definition) is 3. The predicted molar refractivity (Wildman–Crippen MR) is 281 cm³/mol. The summed E-state index contributed by atoms with van der Waals surface area (Å²) in [6.45, 7) is 4.82. The predicted octanol–water partition coefficient (Wildman–Crippen LogP) is 16.8. The van der Waals surface area contributed by atoms with Gasteiger partial charge in [0.15, 0.2) is 0 Å². The second-order valence-electron chi connectivity index (χ2n) is 20.7. The van der Waals surface area contributed by atoms with E-state index in [1.165, 1.54) is 205 Å². The summed E-state index contributed by atoms with van der Waals surface area (Å²) in [6.07, 6.45) is 60.0. The molecule has 0 aromatic heterocycles. The number of likely N-dealkylation sites (N-methyl/N-ethyl adjacent to an activating group) is 1. The minimum atomic E-state index is -4.34. The van der Waals surface area contributed by atoms with E-state index in [0.29, 0.717) is 17.4 Å². The standard InChI is InChI=1S/C56H111N2O6P/c1-6-8-10-12-14-16-18-20-21-22-23-24-25-26-27-28-29-30-31-32-33-34-35-36-38-39-41-43-45-47-49-55(59)54(53-64-65(61,62)63-52-51-58(3,4)5)57-56(60)50-48-46-44-42-40-37-19-17-15-13-11-9-7-2/h17,19,47,49,54-55,59H,6-16,18,20-46,48,50-53H2,1-5H3,(H-,57,60,61,62)/p+1/b19-17-,49-47+. The first-order chi connectivity index (χ1) is 31.5. The van der Waals surface area contributed by atoms with Gasteiger partial charge in [0.1, 0.15) is 13.2 Å². The second-order valence-corrected chi connectivity index (χ2v) is 22.1. The minimum absolute atomic E-state index is 0.0613. The molecule has 3 unspecified atom stereocenters. The van der Waals surface area contributed by atoms with E-state index < -0.39 is 20.0 Å². The number of carbonyl (C=O) groups excluding carboxylic acids is 1. The van der Waals surface area contributed by atoms with Crippen LogP contribution in [0.5, 0.6) is 0 Å². The lowest BCUT2D eigenvalue weighted by molar-refractivity contribution is -0.870. The van der Waals surface area contributed by atoms with Gasteiger partial charge in [-0.25, -0.2) is 4.57 Å². The van der Waals surface area contributed by atoms with E-state index in [0.717, 1.165) is 51.4 Å². The molecule has 0 bridgehead atoms. The average Bonchev–Trinajstić information content (AvgIpc) is 3.26. The quantitative estimate of drug-likeness (QED) is 0.0243. The molecule has 3 atom stereocenters. The van der Waals surface area contributed by atoms with Crippen LogP contribution < -0.4 is 5.32 Å². The number of hydrogen-bond acceptors (Lipinski definition) is 5. The molecule has 0 radical (unpaired) electrons. The number of allylic oxidation sites excluding steroid dienone is 3. The number of aliphatic hydroxyl groups is 1. The molecule has 0 aromatic rings. The van der Waals surface area contributed by atoms with Gasteiger partial charge in [0.05, 0.1) is 39.9 Å². The van der Waals surface area contributed by atoms with E-state index in [1.807, 2.05) is 27.2 Å². The van der Waals surface area contributed by atoms with Crippen LogP contribution in [0.1, 0.15) is 277 Å². The van der Waals surface area contributed by atoms with Crippen molar-refractivity contribution in [3.8, 4) is 0 Å². The van der Waals surface area contributed by atoms with Gasteiger partial charge in [-0.15, -0.1) is 0 Å². The van der Waals surface area contributed by atoms with Crippen molar-refractivity contribution in [2.24, 2.45) is 0 Å². The van der Waals surface area contributed by atoms with E-state index >= 15 is 0 Å². The first-order valence-electron chi connectivity index (χ1n) is 28.2. The van der Waals surface area contributed by atoms with Gasteiger partial charge in [-0.2, -0.15) is 0 Å². The molecule has 0 fully saturated rings. The summed E-state index contributed by atoms with van der Waals surface area (Å²) in [4.78, 5) is 23.2. The number of unbranched alkanes of at least 4 members (excludes halogenated alkanes) is 37. The summed E-state index contributed by atoms with van der Waals surface area (Å²) >= 11 is 0. The van der Waals surface area contributed by atoms with E-state index in [-0.39, 0.29) is 19.1 Å². The monoisotopic (exact) mass is 940 g/mol. The van der Waals surface area contributed by atoms with Crippen molar-refractivity contribution in [1.82, 2.24) is 5.32 Å². The Balaban J connectivity index is 4.08. The molecule has 0 aliphatic rings. The van der Waals surface area contributed by atoms with Crippen LogP contribution in [0.25, 0.3) is 0 Å². The summed E-state index contributed by atoms with van der Waals surface area (Å²) < 4.78 is 23.7. The number of aliphatic hydroxyl groups excluding tert-OH is 1. The van der Waals surface area contributed by atoms with Gasteiger partial charge in [-0.1, -0.05) is 250 Å². The Morgan fingerprint density at radius 1 is 0.508 bits per heavy atom. The maximum atomic E-state index is 12.9. The van der Waals surface area contributed by atoms with Crippen molar-refractivity contribution >= 4 is 13.7 Å². The van der Waals surface area contributed by atoms with Crippen molar-refractivity contribution in [3.05, 3.63) is 24.3 Å². The number of nitrogens with zero attached hydrogens (tertiary/aromatic N) is 1. The molecule has 0 saturated heterocycles. The lowest BCUT2D eigenvalue weighted by atomic mass is 10.0. The van der Waals surface area contributed by atoms with Gasteiger partial charge < -0.3 is 19.8 Å². The van der Waals surface area contributed by atoms with Crippen molar-refractivity contribution in [2.75, 3.05) is 40.9 Å². The summed E-state index contributed by atoms with van der Waals surface area (Å²) in [7, 11) is 1.58. The molecular formula is C56H112N2O6P+. The Morgan fingerprint density at radius 3 is 1.20 bits per heavy atom. The molecule has 65 heavy (non-hydrogen) atoms. The number of phosphoric ester groups is 1. The van der Waals surface area contributed by atoms with Gasteiger partial charge in [0, 0.05) is 6.42 Å². The molecule has 1 amide bonds. The SMILES string of the molecule is CCCCCC/C=C\CCCCCCCC(=O)NC(COP(=O)(O)OCC[N+](C)(C)C)C(O)/C=C/CCCCCCCCCCCCCCCCCCCCCCCCCCCCCC. The van der Waals surface area contributed by atoms with Gasteiger partial charge >= 0.3 is 7.82 Å². The molecule has 0 aromatic carbocycles. The van der Waals surface area contributed by atoms with E-state index in [9.17, 15) is 19.4 Å². The van der Waals surface area contributed by atoms with Crippen LogP contribution in [0.4, 0.5) is 0 Å². The number of carbonyl (C=O) groups is 1. The Hall–Kier alpha value is -1.02. The van der Waals surface area contributed by atoms with Gasteiger partial charge in [-0.05, 0) is 44.9 Å². The van der Waals surface area contributed by atoms with Crippen LogP contribution in [0.15, 0.2) is 24.3 Å². The van der Waals surface area contributed by atoms with Crippen LogP contribution >= 0.6 is 7.82 Å². The topological polar surface area (TPSA) is 105 Å². The number of quaternary nitrogens is 1. The van der Waals surface area contributed by atoms with Crippen LogP contribution in [0.3, 0.4) is 0 Å². The van der Waals surface area contributed by atoms with Crippen LogP contribution in [0, 0.1) is 0 Å². The third kappa shape index (κ3) is 50.7. The number of phosphoric acid groups is 1. The molecule has 9 heteroatoms. The minimum Gasteiger partial charge on any atom is -0.387 e. The molecule has 0 heterocycles. The highest BCUT2D eigenvalue weighted by atomic mass is 31.2. The molecule has 0 aliphatic heterocycles. The largest absolute Gasteiger partial charge is 0.472 e. The average molecular weight is 940 g/mol. The molecule has 8 nitrogen and oxygen atoms in total. The van der Waals surface area contributed by atoms with Crippen molar-refractivity contribution in [3.63, 3.8) is 0 Å². The summed E-state index contributed by atoms with van der Waals surface area (Å²) in [6, 6.07) is -0.848. The lowest BCUT2D eigenvalue weighted by Gasteiger charge is -2.25. The zero-order valence-corrected chi connectivity index (χ0v) is 44.9. The highest BCUT2D eigenvalue weighted by molar-refractivity contribution is 7.47. The lowest BCUT2D eigenvalue weighted by Crippen LogP contribution is -2.45. The number of amides is 1. The molecule has 3 N–H and O–H groups in total. The second kappa shape index (κ2) is 48.0. The molecule has 386 valence electrons. The number of rotatable bonds is 52. The molecule has 0 aliphatic carbocycles. The Morgan fingerprint density at radius 2 is 0.831 bits per heavy atom. The zero-order chi connectivity index (χ0) is 47.8. The van der Waals surface area contributed by atoms with Crippen molar-refractivity contribution in [1.29, 1.82) is 0 Å². The van der Waals surface area contributed by atoms with Crippen LogP contribution in [-0.2, 0) is 18.4 Å². The Kier molecular flexibility index (Phi) is 47.3. The Labute approximate surface area is 404 Å².